The molecule has 0 unspecified atom stereocenters. The van der Waals surface area contributed by atoms with Crippen molar-refractivity contribution >= 4 is 22.6 Å². The lowest BCUT2D eigenvalue weighted by atomic mass is 10.0. The van der Waals surface area contributed by atoms with Gasteiger partial charge in [0.2, 0.25) is 5.75 Å². The van der Waals surface area contributed by atoms with Crippen LogP contribution >= 0.6 is 0 Å². The smallest absolute Gasteiger partial charge is 0.310 e. The van der Waals surface area contributed by atoms with Crippen LogP contribution in [0.2, 0.25) is 0 Å². The summed E-state index contributed by atoms with van der Waals surface area (Å²) in [6.07, 6.45) is 0.0987. The number of nitrogens with one attached hydrogen (secondary N) is 1. The molecular weight excluding hydrogens is 398 g/mol. The average Bonchev–Trinajstić information content (AvgIpc) is 2.80. The molecule has 3 aromatic rings. The zero-order valence-corrected chi connectivity index (χ0v) is 17.8. The Morgan fingerprint density at radius 1 is 0.871 bits per heavy atom. The van der Waals surface area contributed by atoms with Crippen LogP contribution in [0.1, 0.15) is 11.1 Å². The molecule has 0 atom stereocenters. The summed E-state index contributed by atoms with van der Waals surface area (Å²) in [5, 5.41) is 4.77. The van der Waals surface area contributed by atoms with Crippen molar-refractivity contribution in [3.05, 3.63) is 65.7 Å². The summed E-state index contributed by atoms with van der Waals surface area (Å²) in [5.41, 5.74) is 1.62. The van der Waals surface area contributed by atoms with E-state index in [-0.39, 0.29) is 19.6 Å². The van der Waals surface area contributed by atoms with Gasteiger partial charge in [-0.3, -0.25) is 9.59 Å². The Balaban J connectivity index is 1.54. The molecule has 3 aromatic carbocycles. The second kappa shape index (κ2) is 10.3. The summed E-state index contributed by atoms with van der Waals surface area (Å²) in [6, 6.07) is 17.1. The van der Waals surface area contributed by atoms with Gasteiger partial charge < -0.3 is 24.3 Å². The summed E-state index contributed by atoms with van der Waals surface area (Å²) in [7, 11) is 4.57. The van der Waals surface area contributed by atoms with Gasteiger partial charge in [-0.2, -0.15) is 0 Å². The van der Waals surface area contributed by atoms with Crippen LogP contribution in [0.15, 0.2) is 54.6 Å². The number of hydrogen-bond donors (Lipinski definition) is 1. The third-order valence-corrected chi connectivity index (χ3v) is 4.79. The first-order valence-corrected chi connectivity index (χ1v) is 9.73. The molecule has 0 fully saturated rings. The molecule has 3 rings (SSSR count). The molecule has 7 nitrogen and oxygen atoms in total. The minimum absolute atomic E-state index is 0.0987. The highest BCUT2D eigenvalue weighted by Crippen LogP contribution is 2.38. The second-order valence-electron chi connectivity index (χ2n) is 6.79. The van der Waals surface area contributed by atoms with Gasteiger partial charge in [0.15, 0.2) is 18.1 Å². The lowest BCUT2D eigenvalue weighted by Crippen LogP contribution is -2.28. The topological polar surface area (TPSA) is 83.1 Å². The second-order valence-corrected chi connectivity index (χ2v) is 6.79. The minimum atomic E-state index is -0.459. The maximum atomic E-state index is 12.2. The van der Waals surface area contributed by atoms with Crippen molar-refractivity contribution in [3.8, 4) is 17.2 Å². The average molecular weight is 423 g/mol. The number of ether oxygens (including phenoxy) is 4. The maximum absolute atomic E-state index is 12.2. The molecule has 0 bridgehead atoms. The molecule has 7 heteroatoms. The third-order valence-electron chi connectivity index (χ3n) is 4.79. The van der Waals surface area contributed by atoms with Crippen LogP contribution in [0.25, 0.3) is 10.8 Å². The van der Waals surface area contributed by atoms with Crippen LogP contribution in [-0.4, -0.2) is 39.8 Å². The van der Waals surface area contributed by atoms with Crippen molar-refractivity contribution in [2.45, 2.75) is 13.0 Å². The molecule has 0 saturated carbocycles. The van der Waals surface area contributed by atoms with E-state index in [0.29, 0.717) is 17.2 Å². The van der Waals surface area contributed by atoms with Crippen LogP contribution in [0, 0.1) is 0 Å². The number of fused-ring (bicyclic) bond motifs is 1. The quantitative estimate of drug-likeness (QED) is 0.532. The van der Waals surface area contributed by atoms with Gasteiger partial charge in [0.1, 0.15) is 0 Å². The number of benzene rings is 3. The van der Waals surface area contributed by atoms with Crippen molar-refractivity contribution in [2.24, 2.45) is 0 Å². The third kappa shape index (κ3) is 5.45. The highest BCUT2D eigenvalue weighted by molar-refractivity contribution is 5.89. The summed E-state index contributed by atoms with van der Waals surface area (Å²) in [5.74, 6) is 0.599. The van der Waals surface area contributed by atoms with E-state index in [0.717, 1.165) is 21.9 Å². The number of methoxy groups -OCH3 is 3. The molecule has 1 N–H and O–H groups in total. The van der Waals surface area contributed by atoms with Crippen LogP contribution in [0.3, 0.4) is 0 Å². The molecule has 0 radical (unpaired) electrons. The number of esters is 1. The molecule has 0 aliphatic carbocycles. The van der Waals surface area contributed by atoms with E-state index >= 15 is 0 Å². The van der Waals surface area contributed by atoms with E-state index in [1.807, 2.05) is 42.5 Å². The zero-order valence-electron chi connectivity index (χ0n) is 17.8. The predicted molar refractivity (Wildman–Crippen MR) is 117 cm³/mol. The van der Waals surface area contributed by atoms with E-state index in [2.05, 4.69) is 5.32 Å². The Bertz CT molecular complexity index is 1050. The minimum Gasteiger partial charge on any atom is -0.493 e. The predicted octanol–water partition coefficient (Wildman–Crippen LogP) is 3.27. The van der Waals surface area contributed by atoms with E-state index in [1.54, 1.807) is 12.1 Å². The molecular formula is C24H25NO6. The number of amides is 1. The standard InChI is InChI=1S/C24H25NO6/c1-28-20-11-16(12-21(29-2)24(20)30-3)14-25-22(26)15-31-23(27)13-18-9-6-8-17-7-4-5-10-19(17)18/h4-12H,13-15H2,1-3H3,(H,25,26). The molecule has 162 valence electrons. The van der Waals surface area contributed by atoms with E-state index < -0.39 is 11.9 Å². The number of rotatable bonds is 9. The monoisotopic (exact) mass is 423 g/mol. The maximum Gasteiger partial charge on any atom is 0.310 e. The van der Waals surface area contributed by atoms with E-state index in [4.69, 9.17) is 18.9 Å². The summed E-state index contributed by atoms with van der Waals surface area (Å²) in [6.45, 7) is -0.134. The van der Waals surface area contributed by atoms with Gasteiger partial charge in [-0.05, 0) is 34.0 Å². The molecule has 0 saturated heterocycles. The van der Waals surface area contributed by atoms with E-state index in [1.165, 1.54) is 21.3 Å². The van der Waals surface area contributed by atoms with Gasteiger partial charge in [0, 0.05) is 6.54 Å². The van der Waals surface area contributed by atoms with Crippen LogP contribution in [0.4, 0.5) is 0 Å². The fourth-order valence-electron chi connectivity index (χ4n) is 3.29. The van der Waals surface area contributed by atoms with Crippen molar-refractivity contribution < 1.29 is 28.5 Å². The van der Waals surface area contributed by atoms with Crippen LogP contribution in [-0.2, 0) is 27.3 Å². The lowest BCUT2D eigenvalue weighted by molar-refractivity contribution is -0.147. The van der Waals surface area contributed by atoms with Crippen molar-refractivity contribution in [1.29, 1.82) is 0 Å². The largest absolute Gasteiger partial charge is 0.493 e. The summed E-state index contributed by atoms with van der Waals surface area (Å²) in [4.78, 5) is 24.4. The zero-order chi connectivity index (χ0) is 22.2. The van der Waals surface area contributed by atoms with Crippen LogP contribution in [0.5, 0.6) is 17.2 Å². The molecule has 1 amide bonds. The van der Waals surface area contributed by atoms with E-state index in [9.17, 15) is 9.59 Å². The number of hydrogen-bond acceptors (Lipinski definition) is 6. The number of carbonyl (C=O) groups excluding carboxylic acids is 2. The Kier molecular flexibility index (Phi) is 7.32. The Labute approximate surface area is 180 Å². The highest BCUT2D eigenvalue weighted by atomic mass is 16.5. The molecule has 0 heterocycles. The van der Waals surface area contributed by atoms with Crippen LogP contribution < -0.4 is 19.5 Å². The van der Waals surface area contributed by atoms with Crippen molar-refractivity contribution in [2.75, 3.05) is 27.9 Å². The first kappa shape index (κ1) is 22.0. The first-order valence-electron chi connectivity index (χ1n) is 9.73. The lowest BCUT2D eigenvalue weighted by Gasteiger charge is -2.14. The fourth-order valence-corrected chi connectivity index (χ4v) is 3.29. The molecule has 0 aliphatic heterocycles. The Hall–Kier alpha value is -3.74. The highest BCUT2D eigenvalue weighted by Gasteiger charge is 2.14. The SMILES string of the molecule is COc1cc(CNC(=O)COC(=O)Cc2cccc3ccccc23)cc(OC)c1OC. The molecule has 31 heavy (non-hydrogen) atoms. The van der Waals surface area contributed by atoms with Gasteiger partial charge in [0.05, 0.1) is 27.8 Å². The van der Waals surface area contributed by atoms with Gasteiger partial charge in [-0.25, -0.2) is 0 Å². The molecule has 0 spiro atoms. The first-order chi connectivity index (χ1) is 15.0. The molecule has 0 aromatic heterocycles. The Morgan fingerprint density at radius 3 is 2.23 bits per heavy atom. The number of carbonyl (C=O) groups is 2. The summed E-state index contributed by atoms with van der Waals surface area (Å²) < 4.78 is 21.0. The van der Waals surface area contributed by atoms with Gasteiger partial charge in [-0.15, -0.1) is 0 Å². The van der Waals surface area contributed by atoms with Crippen molar-refractivity contribution in [3.63, 3.8) is 0 Å². The van der Waals surface area contributed by atoms with Gasteiger partial charge in [0.25, 0.3) is 5.91 Å². The molecule has 0 aliphatic rings. The van der Waals surface area contributed by atoms with Gasteiger partial charge in [-0.1, -0.05) is 42.5 Å². The Morgan fingerprint density at radius 2 is 1.55 bits per heavy atom. The normalized spacial score (nSPS) is 10.4. The summed E-state index contributed by atoms with van der Waals surface area (Å²) >= 11 is 0. The fraction of sp³-hybridized carbons (Fsp3) is 0.250. The van der Waals surface area contributed by atoms with Crippen molar-refractivity contribution in [1.82, 2.24) is 5.32 Å². The van der Waals surface area contributed by atoms with Gasteiger partial charge >= 0.3 is 5.97 Å².